The van der Waals surface area contributed by atoms with Crippen LogP contribution in [-0.2, 0) is 5.88 Å². The molecule has 1 rings (SSSR count). The molecule has 0 saturated carbocycles. The first-order valence-corrected chi connectivity index (χ1v) is 4.95. The molecular formula is C7H4BrCl2F2N. The molecule has 1 nitrogen and oxygen atoms in total. The fourth-order valence-corrected chi connectivity index (χ4v) is 1.96. The molecule has 0 N–H and O–H groups in total. The molecule has 0 fully saturated rings. The molecule has 13 heavy (non-hydrogen) atoms. The van der Waals surface area contributed by atoms with Crippen LogP contribution >= 0.6 is 39.1 Å². The molecule has 6 heteroatoms. The molecule has 1 heterocycles. The number of nitrogens with zero attached hydrogens (tertiary/aromatic N) is 1. The van der Waals surface area contributed by atoms with Crippen molar-refractivity contribution in [1.82, 2.24) is 4.98 Å². The van der Waals surface area contributed by atoms with Crippen molar-refractivity contribution in [3.05, 3.63) is 26.9 Å². The van der Waals surface area contributed by atoms with E-state index in [1.807, 2.05) is 0 Å². The number of pyridine rings is 1. The van der Waals surface area contributed by atoms with Crippen LogP contribution in [0.25, 0.3) is 0 Å². The van der Waals surface area contributed by atoms with Gasteiger partial charge in [-0.05, 0) is 21.5 Å². The van der Waals surface area contributed by atoms with Gasteiger partial charge in [-0.3, -0.25) is 0 Å². The zero-order chi connectivity index (χ0) is 10.0. The zero-order valence-electron chi connectivity index (χ0n) is 6.20. The third-order valence-corrected chi connectivity index (χ3v) is 2.70. The summed E-state index contributed by atoms with van der Waals surface area (Å²) in [5, 5.41) is 0.161. The van der Waals surface area contributed by atoms with Crippen LogP contribution < -0.4 is 0 Å². The summed E-state index contributed by atoms with van der Waals surface area (Å²) in [5.41, 5.74) is -0.0114. The molecule has 0 aliphatic rings. The largest absolute Gasteiger partial charge is 0.266 e. The van der Waals surface area contributed by atoms with Gasteiger partial charge < -0.3 is 0 Å². The van der Waals surface area contributed by atoms with Crippen molar-refractivity contribution in [2.75, 3.05) is 0 Å². The number of halogens is 5. The minimum absolute atomic E-state index is 0.0559. The van der Waals surface area contributed by atoms with Gasteiger partial charge in [-0.2, -0.15) is 0 Å². The highest BCUT2D eigenvalue weighted by Crippen LogP contribution is 2.33. The quantitative estimate of drug-likeness (QED) is 0.588. The van der Waals surface area contributed by atoms with E-state index in [4.69, 9.17) is 23.2 Å². The Morgan fingerprint density at radius 3 is 2.54 bits per heavy atom. The lowest BCUT2D eigenvalue weighted by atomic mass is 10.2. The van der Waals surface area contributed by atoms with Gasteiger partial charge in [0.05, 0.1) is 10.6 Å². The van der Waals surface area contributed by atoms with Crippen LogP contribution in [0.15, 0.2) is 10.8 Å². The van der Waals surface area contributed by atoms with Gasteiger partial charge in [0.25, 0.3) is 6.43 Å². The SMILES string of the molecule is FC(F)c1c(Br)ncc(Cl)c1CCl. The van der Waals surface area contributed by atoms with Crippen LogP contribution in [0.2, 0.25) is 5.02 Å². The number of aromatic nitrogens is 1. The predicted molar refractivity (Wildman–Crippen MR) is 51.5 cm³/mol. The summed E-state index contributed by atoms with van der Waals surface area (Å²) in [6.07, 6.45) is -1.34. The lowest BCUT2D eigenvalue weighted by Gasteiger charge is -2.08. The Bertz CT molecular complexity index is 320. The molecule has 0 aliphatic heterocycles. The van der Waals surface area contributed by atoms with Crippen molar-refractivity contribution in [1.29, 1.82) is 0 Å². The normalized spacial score (nSPS) is 10.9. The van der Waals surface area contributed by atoms with Crippen LogP contribution in [0.5, 0.6) is 0 Å². The molecule has 0 radical (unpaired) electrons. The molecule has 1 aromatic rings. The highest BCUT2D eigenvalue weighted by atomic mass is 79.9. The molecule has 0 amide bonds. The molecule has 0 saturated heterocycles. The van der Waals surface area contributed by atoms with Crippen LogP contribution in [0.1, 0.15) is 17.6 Å². The second kappa shape index (κ2) is 4.53. The van der Waals surface area contributed by atoms with E-state index in [0.29, 0.717) is 0 Å². The van der Waals surface area contributed by atoms with Crippen LogP contribution in [0.4, 0.5) is 8.78 Å². The summed E-state index contributed by atoms with van der Waals surface area (Å²) in [7, 11) is 0. The molecular weight excluding hydrogens is 287 g/mol. The average Bonchev–Trinajstić information content (AvgIpc) is 2.07. The topological polar surface area (TPSA) is 12.9 Å². The minimum Gasteiger partial charge on any atom is -0.247 e. The Balaban J connectivity index is 3.35. The van der Waals surface area contributed by atoms with Gasteiger partial charge in [0.15, 0.2) is 0 Å². The Labute approximate surface area is 92.2 Å². The van der Waals surface area contributed by atoms with Gasteiger partial charge in [0.1, 0.15) is 4.60 Å². The maximum atomic E-state index is 12.5. The monoisotopic (exact) mass is 289 g/mol. The molecule has 0 bridgehead atoms. The predicted octanol–water partition coefficient (Wildman–Crippen LogP) is 4.17. The van der Waals surface area contributed by atoms with Gasteiger partial charge in [-0.25, -0.2) is 13.8 Å². The minimum atomic E-state index is -2.63. The second-order valence-electron chi connectivity index (χ2n) is 2.22. The van der Waals surface area contributed by atoms with E-state index in [2.05, 4.69) is 20.9 Å². The Hall–Kier alpha value is 0.0700. The van der Waals surface area contributed by atoms with Crippen molar-refractivity contribution < 1.29 is 8.78 Å². The van der Waals surface area contributed by atoms with Gasteiger partial charge >= 0.3 is 0 Å². The van der Waals surface area contributed by atoms with Gasteiger partial charge in [-0.15, -0.1) is 11.6 Å². The maximum Gasteiger partial charge on any atom is 0.266 e. The zero-order valence-corrected chi connectivity index (χ0v) is 9.30. The Morgan fingerprint density at radius 2 is 2.15 bits per heavy atom. The molecule has 0 aliphatic carbocycles. The van der Waals surface area contributed by atoms with Gasteiger partial charge in [0.2, 0.25) is 0 Å². The first-order valence-electron chi connectivity index (χ1n) is 3.24. The maximum absolute atomic E-state index is 12.5. The summed E-state index contributed by atoms with van der Waals surface area (Å²) < 4.78 is 25.0. The fraction of sp³-hybridized carbons (Fsp3) is 0.286. The molecule has 0 spiro atoms. The van der Waals surface area contributed by atoms with Gasteiger partial charge in [0, 0.05) is 12.1 Å². The highest BCUT2D eigenvalue weighted by Gasteiger charge is 2.19. The summed E-state index contributed by atoms with van der Waals surface area (Å²) in [6, 6.07) is 0. The van der Waals surface area contributed by atoms with Crippen LogP contribution in [0, 0.1) is 0 Å². The van der Waals surface area contributed by atoms with E-state index in [0.717, 1.165) is 0 Å². The van der Waals surface area contributed by atoms with E-state index < -0.39 is 6.43 Å². The number of alkyl halides is 3. The van der Waals surface area contributed by atoms with E-state index in [1.54, 1.807) is 0 Å². The van der Waals surface area contributed by atoms with Crippen LogP contribution in [0.3, 0.4) is 0 Å². The number of hydrogen-bond acceptors (Lipinski definition) is 1. The summed E-state index contributed by atoms with van der Waals surface area (Å²) in [6.45, 7) is 0. The summed E-state index contributed by atoms with van der Waals surface area (Å²) >= 11 is 14.0. The molecule has 0 aromatic carbocycles. The Kier molecular flexibility index (Phi) is 3.88. The fourth-order valence-electron chi connectivity index (χ4n) is 0.872. The first-order chi connectivity index (χ1) is 6.07. The van der Waals surface area contributed by atoms with Crippen molar-refractivity contribution in [3.8, 4) is 0 Å². The molecule has 0 atom stereocenters. The average molecular weight is 291 g/mol. The number of rotatable bonds is 2. The standard InChI is InChI=1S/C7H4BrCl2F2N/c8-6-5(7(11)12)3(1-9)4(10)2-13-6/h2,7H,1H2. The molecule has 1 aromatic heterocycles. The summed E-state index contributed by atoms with van der Waals surface area (Å²) in [4.78, 5) is 3.65. The lowest BCUT2D eigenvalue weighted by molar-refractivity contribution is 0.149. The van der Waals surface area contributed by atoms with E-state index in [9.17, 15) is 8.78 Å². The molecule has 0 unspecified atom stereocenters. The lowest BCUT2D eigenvalue weighted by Crippen LogP contribution is -1.97. The summed E-state index contributed by atoms with van der Waals surface area (Å²) in [5.74, 6) is -0.0559. The molecule has 72 valence electrons. The third-order valence-electron chi connectivity index (χ3n) is 1.48. The van der Waals surface area contributed by atoms with Crippen molar-refractivity contribution in [2.24, 2.45) is 0 Å². The first kappa shape index (κ1) is 11.1. The van der Waals surface area contributed by atoms with Crippen LogP contribution in [-0.4, -0.2) is 4.98 Å². The van der Waals surface area contributed by atoms with Crippen molar-refractivity contribution in [2.45, 2.75) is 12.3 Å². The highest BCUT2D eigenvalue weighted by molar-refractivity contribution is 9.10. The smallest absolute Gasteiger partial charge is 0.247 e. The van der Waals surface area contributed by atoms with Crippen molar-refractivity contribution >= 4 is 39.1 Å². The van der Waals surface area contributed by atoms with E-state index in [-0.39, 0.29) is 26.6 Å². The van der Waals surface area contributed by atoms with E-state index >= 15 is 0 Å². The Morgan fingerprint density at radius 1 is 1.54 bits per heavy atom. The number of hydrogen-bond donors (Lipinski definition) is 0. The van der Waals surface area contributed by atoms with E-state index in [1.165, 1.54) is 6.20 Å². The van der Waals surface area contributed by atoms with Crippen molar-refractivity contribution in [3.63, 3.8) is 0 Å². The second-order valence-corrected chi connectivity index (χ2v) is 3.65. The third kappa shape index (κ3) is 2.30. The van der Waals surface area contributed by atoms with Gasteiger partial charge in [-0.1, -0.05) is 11.6 Å².